The number of nitrogens with zero attached hydrogens (tertiary/aromatic N) is 3. The number of pyridine rings is 1. The molecule has 3 rings (SSSR count). The molecular weight excluding hydrogens is 285 g/mol. The van der Waals surface area contributed by atoms with Gasteiger partial charge >= 0.3 is 0 Å². The fourth-order valence-electron chi connectivity index (χ4n) is 1.63. The van der Waals surface area contributed by atoms with Crippen molar-refractivity contribution in [3.63, 3.8) is 0 Å². The molecule has 0 radical (unpaired) electrons. The second-order valence-electron chi connectivity index (χ2n) is 3.74. The molecule has 2 heterocycles. The summed E-state index contributed by atoms with van der Waals surface area (Å²) in [7, 11) is 0. The second-order valence-corrected chi connectivity index (χ2v) is 5.15. The van der Waals surface area contributed by atoms with Gasteiger partial charge in [-0.3, -0.25) is 0 Å². The van der Waals surface area contributed by atoms with Gasteiger partial charge in [-0.2, -0.15) is 0 Å². The van der Waals surface area contributed by atoms with E-state index in [0.29, 0.717) is 5.03 Å². The average Bonchev–Trinajstić information content (AvgIpc) is 2.42. The zero-order chi connectivity index (χ0) is 13.2. The number of hydrogen-bond acceptors (Lipinski definition) is 4. The van der Waals surface area contributed by atoms with Crippen molar-refractivity contribution in [3.8, 4) is 0 Å². The summed E-state index contributed by atoms with van der Waals surface area (Å²) in [5.74, 6) is -0.458. The molecule has 0 unspecified atom stereocenters. The van der Waals surface area contributed by atoms with Gasteiger partial charge in [0.25, 0.3) is 0 Å². The summed E-state index contributed by atoms with van der Waals surface area (Å²) < 4.78 is 13.7. The topological polar surface area (TPSA) is 38.7 Å². The maximum atomic E-state index is 13.7. The van der Waals surface area contributed by atoms with Crippen LogP contribution in [0.2, 0.25) is 5.02 Å². The lowest BCUT2D eigenvalue weighted by atomic mass is 10.2. The van der Waals surface area contributed by atoms with Crippen molar-refractivity contribution in [1.82, 2.24) is 15.0 Å². The molecule has 94 valence electrons. The van der Waals surface area contributed by atoms with E-state index in [0.717, 1.165) is 22.7 Å². The van der Waals surface area contributed by atoms with Gasteiger partial charge < -0.3 is 0 Å². The van der Waals surface area contributed by atoms with Gasteiger partial charge in [0.15, 0.2) is 5.82 Å². The Balaban J connectivity index is 2.06. The Morgan fingerprint density at radius 1 is 1.05 bits per heavy atom. The SMILES string of the molecule is Fc1cc(Cl)cnc1Sc1ncnc2ccccc12. The molecule has 0 fully saturated rings. The van der Waals surface area contributed by atoms with Crippen molar-refractivity contribution in [3.05, 3.63) is 53.7 Å². The van der Waals surface area contributed by atoms with E-state index in [4.69, 9.17) is 11.6 Å². The summed E-state index contributed by atoms with van der Waals surface area (Å²) in [5, 5.41) is 2.05. The lowest BCUT2D eigenvalue weighted by molar-refractivity contribution is 0.588. The second kappa shape index (κ2) is 5.11. The molecule has 0 atom stereocenters. The van der Waals surface area contributed by atoms with Crippen LogP contribution in [0.25, 0.3) is 10.9 Å². The summed E-state index contributed by atoms with van der Waals surface area (Å²) in [6, 6.07) is 8.80. The van der Waals surface area contributed by atoms with Crippen LogP contribution in [-0.2, 0) is 0 Å². The van der Waals surface area contributed by atoms with Crippen LogP contribution in [0.4, 0.5) is 4.39 Å². The standard InChI is InChI=1S/C13H7ClFN3S/c14-8-5-10(15)13(16-6-8)19-12-9-3-1-2-4-11(9)17-7-18-12/h1-7H. The van der Waals surface area contributed by atoms with Crippen molar-refractivity contribution in [2.24, 2.45) is 0 Å². The first kappa shape index (κ1) is 12.3. The van der Waals surface area contributed by atoms with E-state index in [-0.39, 0.29) is 10.0 Å². The van der Waals surface area contributed by atoms with E-state index >= 15 is 0 Å². The third-order valence-electron chi connectivity index (χ3n) is 2.47. The van der Waals surface area contributed by atoms with Crippen LogP contribution in [0.1, 0.15) is 0 Å². The van der Waals surface area contributed by atoms with Gasteiger partial charge in [-0.1, -0.05) is 29.8 Å². The molecule has 3 nitrogen and oxygen atoms in total. The average molecular weight is 292 g/mol. The first-order chi connectivity index (χ1) is 9.24. The summed E-state index contributed by atoms with van der Waals surface area (Å²) in [6.45, 7) is 0. The molecule has 0 aliphatic rings. The van der Waals surface area contributed by atoms with Gasteiger partial charge in [0, 0.05) is 11.6 Å². The molecule has 1 aromatic carbocycles. The van der Waals surface area contributed by atoms with Crippen LogP contribution in [0.5, 0.6) is 0 Å². The third-order valence-corrected chi connectivity index (χ3v) is 3.69. The molecule has 0 saturated heterocycles. The van der Waals surface area contributed by atoms with Crippen LogP contribution < -0.4 is 0 Å². The zero-order valence-electron chi connectivity index (χ0n) is 9.55. The quantitative estimate of drug-likeness (QED) is 0.670. The van der Waals surface area contributed by atoms with Crippen LogP contribution in [0.15, 0.2) is 52.9 Å². The van der Waals surface area contributed by atoms with Gasteiger partial charge in [0.05, 0.1) is 10.5 Å². The highest BCUT2D eigenvalue weighted by Gasteiger charge is 2.10. The highest BCUT2D eigenvalue weighted by Crippen LogP contribution is 2.31. The van der Waals surface area contributed by atoms with Crippen molar-refractivity contribution in [2.75, 3.05) is 0 Å². The zero-order valence-corrected chi connectivity index (χ0v) is 11.1. The summed E-state index contributed by atoms with van der Waals surface area (Å²) in [5.41, 5.74) is 0.814. The molecule has 0 saturated carbocycles. The van der Waals surface area contributed by atoms with E-state index in [1.54, 1.807) is 0 Å². The van der Waals surface area contributed by atoms with Crippen molar-refractivity contribution in [2.45, 2.75) is 10.1 Å². The fourth-order valence-corrected chi connectivity index (χ4v) is 2.60. The number of hydrogen-bond donors (Lipinski definition) is 0. The predicted octanol–water partition coefficient (Wildman–Crippen LogP) is 3.97. The first-order valence-corrected chi connectivity index (χ1v) is 6.62. The van der Waals surface area contributed by atoms with Crippen molar-refractivity contribution in [1.29, 1.82) is 0 Å². The molecule has 3 aromatic rings. The fraction of sp³-hybridized carbons (Fsp3) is 0. The van der Waals surface area contributed by atoms with E-state index in [1.807, 2.05) is 24.3 Å². The van der Waals surface area contributed by atoms with Gasteiger partial charge in [0.1, 0.15) is 16.4 Å². The maximum absolute atomic E-state index is 13.7. The van der Waals surface area contributed by atoms with Crippen molar-refractivity contribution < 1.29 is 4.39 Å². The maximum Gasteiger partial charge on any atom is 0.157 e. The van der Waals surface area contributed by atoms with E-state index in [9.17, 15) is 4.39 Å². The normalized spacial score (nSPS) is 10.8. The van der Waals surface area contributed by atoms with Gasteiger partial charge in [-0.25, -0.2) is 19.3 Å². The summed E-state index contributed by atoms with van der Waals surface area (Å²) in [4.78, 5) is 12.3. The van der Waals surface area contributed by atoms with Crippen LogP contribution in [0, 0.1) is 5.82 Å². The number of para-hydroxylation sites is 1. The molecule has 0 amide bonds. The third kappa shape index (κ3) is 2.52. The number of rotatable bonds is 2. The molecule has 0 bridgehead atoms. The molecular formula is C13H7ClFN3S. The van der Waals surface area contributed by atoms with E-state index in [2.05, 4.69) is 15.0 Å². The smallest absolute Gasteiger partial charge is 0.157 e. The Labute approximate surface area is 117 Å². The highest BCUT2D eigenvalue weighted by molar-refractivity contribution is 7.99. The van der Waals surface area contributed by atoms with Gasteiger partial charge in [-0.15, -0.1) is 0 Å². The minimum Gasteiger partial charge on any atom is -0.245 e. The number of aromatic nitrogens is 3. The largest absolute Gasteiger partial charge is 0.245 e. The van der Waals surface area contributed by atoms with Crippen LogP contribution >= 0.6 is 23.4 Å². The minimum absolute atomic E-state index is 0.244. The van der Waals surface area contributed by atoms with E-state index < -0.39 is 5.82 Å². The monoisotopic (exact) mass is 291 g/mol. The Morgan fingerprint density at radius 2 is 1.89 bits per heavy atom. The highest BCUT2D eigenvalue weighted by atomic mass is 35.5. The molecule has 0 aliphatic carbocycles. The Hall–Kier alpha value is -1.72. The first-order valence-electron chi connectivity index (χ1n) is 5.43. The van der Waals surface area contributed by atoms with Gasteiger partial charge in [-0.05, 0) is 23.9 Å². The summed E-state index contributed by atoms with van der Waals surface area (Å²) in [6.07, 6.45) is 2.87. The Kier molecular flexibility index (Phi) is 3.31. The number of benzene rings is 1. The van der Waals surface area contributed by atoms with Crippen molar-refractivity contribution >= 4 is 34.3 Å². The number of halogens is 2. The predicted molar refractivity (Wildman–Crippen MR) is 72.9 cm³/mol. The summed E-state index contributed by atoms with van der Waals surface area (Å²) >= 11 is 6.83. The molecule has 0 aliphatic heterocycles. The molecule has 0 N–H and O–H groups in total. The molecule has 2 aromatic heterocycles. The Bertz CT molecular complexity index is 746. The van der Waals surface area contributed by atoms with Crippen LogP contribution in [-0.4, -0.2) is 15.0 Å². The number of fused-ring (bicyclic) bond motifs is 1. The minimum atomic E-state index is -0.458. The lowest BCUT2D eigenvalue weighted by Gasteiger charge is -2.04. The van der Waals surface area contributed by atoms with E-state index in [1.165, 1.54) is 18.6 Å². The Morgan fingerprint density at radius 3 is 2.74 bits per heavy atom. The van der Waals surface area contributed by atoms with Crippen LogP contribution in [0.3, 0.4) is 0 Å². The van der Waals surface area contributed by atoms with Gasteiger partial charge in [0.2, 0.25) is 0 Å². The lowest BCUT2D eigenvalue weighted by Crippen LogP contribution is -1.90. The molecule has 19 heavy (non-hydrogen) atoms. The molecule has 6 heteroatoms. The molecule has 0 spiro atoms.